The minimum absolute atomic E-state index is 0.120. The highest BCUT2D eigenvalue weighted by Gasteiger charge is 2.15. The first kappa shape index (κ1) is 16.8. The van der Waals surface area contributed by atoms with Gasteiger partial charge in [0.2, 0.25) is 0 Å². The Labute approximate surface area is 146 Å². The Kier molecular flexibility index (Phi) is 4.88. The maximum absolute atomic E-state index is 12.5. The molecule has 2 heterocycles. The fraction of sp³-hybridized carbons (Fsp3) is 0.263. The summed E-state index contributed by atoms with van der Waals surface area (Å²) in [5.41, 5.74) is 4.20. The van der Waals surface area contributed by atoms with Gasteiger partial charge < -0.3 is 15.4 Å². The van der Waals surface area contributed by atoms with Crippen molar-refractivity contribution in [3.8, 4) is 5.75 Å². The van der Waals surface area contributed by atoms with Gasteiger partial charge in [-0.3, -0.25) is 9.20 Å². The van der Waals surface area contributed by atoms with Gasteiger partial charge in [0.05, 0.1) is 12.8 Å². The van der Waals surface area contributed by atoms with Gasteiger partial charge in [-0.1, -0.05) is 0 Å². The Hall–Kier alpha value is -3.02. The number of imidazole rings is 1. The van der Waals surface area contributed by atoms with Crippen LogP contribution in [0.5, 0.6) is 5.75 Å². The third-order valence-corrected chi connectivity index (χ3v) is 4.00. The van der Waals surface area contributed by atoms with Crippen LogP contribution in [0.25, 0.3) is 5.65 Å². The van der Waals surface area contributed by atoms with Crippen LogP contribution in [-0.2, 0) is 0 Å². The maximum Gasteiger partial charge on any atom is 0.270 e. The average Bonchev–Trinajstić information content (AvgIpc) is 2.94. The lowest BCUT2D eigenvalue weighted by Crippen LogP contribution is -2.30. The van der Waals surface area contributed by atoms with Crippen LogP contribution in [0.1, 0.15) is 21.7 Å². The molecule has 0 aliphatic rings. The van der Waals surface area contributed by atoms with E-state index in [4.69, 9.17) is 4.74 Å². The quantitative estimate of drug-likeness (QED) is 0.678. The number of anilines is 1. The predicted molar refractivity (Wildman–Crippen MR) is 98.5 cm³/mol. The van der Waals surface area contributed by atoms with Crippen LogP contribution in [0.4, 0.5) is 5.69 Å². The van der Waals surface area contributed by atoms with Crippen LogP contribution < -0.4 is 15.4 Å². The second-order valence-electron chi connectivity index (χ2n) is 5.89. The summed E-state index contributed by atoms with van der Waals surface area (Å²) < 4.78 is 6.96. The first-order valence-electron chi connectivity index (χ1n) is 8.20. The lowest BCUT2D eigenvalue weighted by molar-refractivity contribution is 0.0948. The number of hydrogen-bond donors (Lipinski definition) is 2. The molecule has 0 unspecified atom stereocenters. The minimum Gasteiger partial charge on any atom is -0.497 e. The molecule has 3 rings (SSSR count). The fourth-order valence-electron chi connectivity index (χ4n) is 2.71. The highest BCUT2D eigenvalue weighted by atomic mass is 16.5. The molecule has 0 spiro atoms. The second kappa shape index (κ2) is 7.25. The van der Waals surface area contributed by atoms with Crippen LogP contribution in [0.15, 0.2) is 42.6 Å². The number of ether oxygens (including phenoxy) is 1. The van der Waals surface area contributed by atoms with Crippen molar-refractivity contribution in [2.24, 2.45) is 0 Å². The normalized spacial score (nSPS) is 10.7. The molecule has 0 radical (unpaired) electrons. The average molecular weight is 338 g/mol. The fourth-order valence-corrected chi connectivity index (χ4v) is 2.71. The first-order valence-corrected chi connectivity index (χ1v) is 8.20. The van der Waals surface area contributed by atoms with E-state index in [9.17, 15) is 4.79 Å². The molecular weight excluding hydrogens is 316 g/mol. The molecule has 130 valence electrons. The van der Waals surface area contributed by atoms with E-state index >= 15 is 0 Å². The van der Waals surface area contributed by atoms with E-state index in [2.05, 4.69) is 15.6 Å². The number of nitrogens with one attached hydrogen (secondary N) is 2. The molecule has 0 saturated heterocycles. The summed E-state index contributed by atoms with van der Waals surface area (Å²) in [4.78, 5) is 17.0. The zero-order valence-corrected chi connectivity index (χ0v) is 14.7. The van der Waals surface area contributed by atoms with E-state index in [1.165, 1.54) is 0 Å². The molecular formula is C19H22N4O2. The third kappa shape index (κ3) is 3.74. The number of pyridine rings is 1. The number of carbonyl (C=O) groups excluding carboxylic acids is 1. The lowest BCUT2D eigenvalue weighted by Gasteiger charge is -2.09. The second-order valence-corrected chi connectivity index (χ2v) is 5.89. The number of rotatable bonds is 6. The summed E-state index contributed by atoms with van der Waals surface area (Å²) >= 11 is 0. The number of methoxy groups -OCH3 is 1. The van der Waals surface area contributed by atoms with Crippen molar-refractivity contribution in [3.05, 3.63) is 59.5 Å². The van der Waals surface area contributed by atoms with E-state index < -0.39 is 0 Å². The number of benzene rings is 1. The van der Waals surface area contributed by atoms with Gasteiger partial charge in [0.1, 0.15) is 17.1 Å². The molecule has 0 fully saturated rings. The zero-order chi connectivity index (χ0) is 17.8. The predicted octanol–water partition coefficient (Wildman–Crippen LogP) is 2.80. The standard InChI is InChI=1S/C19H22N4O2/c1-13-8-11-23-17(12-13)22-14(2)18(23)19(24)21-10-9-20-15-4-6-16(25-3)7-5-15/h4-8,11-12,20H,9-10H2,1-3H3,(H,21,24). The van der Waals surface area contributed by atoms with Crippen LogP contribution in [0, 0.1) is 13.8 Å². The zero-order valence-electron chi connectivity index (χ0n) is 14.7. The van der Waals surface area contributed by atoms with Crippen LogP contribution in [0.2, 0.25) is 0 Å². The van der Waals surface area contributed by atoms with Crippen LogP contribution in [-0.4, -0.2) is 35.5 Å². The minimum atomic E-state index is -0.120. The van der Waals surface area contributed by atoms with Crippen molar-refractivity contribution in [1.29, 1.82) is 0 Å². The third-order valence-electron chi connectivity index (χ3n) is 4.00. The van der Waals surface area contributed by atoms with Gasteiger partial charge in [0, 0.05) is 25.0 Å². The number of aromatic nitrogens is 2. The molecule has 0 aliphatic heterocycles. The van der Waals surface area contributed by atoms with E-state index in [0.29, 0.717) is 18.8 Å². The number of hydrogen-bond acceptors (Lipinski definition) is 4. The van der Waals surface area contributed by atoms with Crippen molar-refractivity contribution in [1.82, 2.24) is 14.7 Å². The SMILES string of the molecule is COc1ccc(NCCNC(=O)c2c(C)nc3cc(C)ccn23)cc1. The topological polar surface area (TPSA) is 67.7 Å². The number of amides is 1. The lowest BCUT2D eigenvalue weighted by atomic mass is 10.3. The highest BCUT2D eigenvalue weighted by Crippen LogP contribution is 2.15. The number of nitrogens with zero attached hydrogens (tertiary/aromatic N) is 2. The van der Waals surface area contributed by atoms with Gasteiger partial charge in [-0.2, -0.15) is 0 Å². The van der Waals surface area contributed by atoms with Crippen molar-refractivity contribution in [2.75, 3.05) is 25.5 Å². The van der Waals surface area contributed by atoms with E-state index in [0.717, 1.165) is 28.3 Å². The summed E-state index contributed by atoms with van der Waals surface area (Å²) in [5.74, 6) is 0.697. The molecule has 2 aromatic heterocycles. The molecule has 0 atom stereocenters. The Morgan fingerprint density at radius 3 is 2.64 bits per heavy atom. The molecule has 0 bridgehead atoms. The molecule has 25 heavy (non-hydrogen) atoms. The van der Waals surface area contributed by atoms with Crippen LogP contribution in [0.3, 0.4) is 0 Å². The smallest absolute Gasteiger partial charge is 0.270 e. The van der Waals surface area contributed by atoms with Crippen molar-refractivity contribution in [3.63, 3.8) is 0 Å². The van der Waals surface area contributed by atoms with Gasteiger partial charge in [0.15, 0.2) is 0 Å². The molecule has 0 saturated carbocycles. The van der Waals surface area contributed by atoms with Gasteiger partial charge in [-0.05, 0) is 55.8 Å². The molecule has 3 aromatic rings. The van der Waals surface area contributed by atoms with Gasteiger partial charge >= 0.3 is 0 Å². The monoisotopic (exact) mass is 338 g/mol. The molecule has 2 N–H and O–H groups in total. The van der Waals surface area contributed by atoms with E-state index in [-0.39, 0.29) is 5.91 Å². The van der Waals surface area contributed by atoms with Gasteiger partial charge in [-0.15, -0.1) is 0 Å². The van der Waals surface area contributed by atoms with Crippen molar-refractivity contribution < 1.29 is 9.53 Å². The molecule has 1 aromatic carbocycles. The van der Waals surface area contributed by atoms with Crippen molar-refractivity contribution in [2.45, 2.75) is 13.8 Å². The maximum atomic E-state index is 12.5. The Morgan fingerprint density at radius 2 is 1.92 bits per heavy atom. The summed E-state index contributed by atoms with van der Waals surface area (Å²) in [6.45, 7) is 5.01. The Balaban J connectivity index is 1.58. The first-order chi connectivity index (χ1) is 12.1. The van der Waals surface area contributed by atoms with E-state index in [1.54, 1.807) is 7.11 Å². The number of fused-ring (bicyclic) bond motifs is 1. The van der Waals surface area contributed by atoms with E-state index in [1.807, 2.05) is 60.8 Å². The molecule has 1 amide bonds. The summed E-state index contributed by atoms with van der Waals surface area (Å²) in [7, 11) is 1.64. The Bertz CT molecular complexity index is 884. The Morgan fingerprint density at radius 1 is 1.16 bits per heavy atom. The molecule has 6 nitrogen and oxygen atoms in total. The largest absolute Gasteiger partial charge is 0.497 e. The number of aryl methyl sites for hydroxylation is 2. The molecule has 0 aliphatic carbocycles. The van der Waals surface area contributed by atoms with Gasteiger partial charge in [-0.25, -0.2) is 4.98 Å². The van der Waals surface area contributed by atoms with Crippen molar-refractivity contribution >= 4 is 17.2 Å². The molecule has 6 heteroatoms. The number of carbonyl (C=O) groups is 1. The summed E-state index contributed by atoms with van der Waals surface area (Å²) in [6, 6.07) is 11.6. The summed E-state index contributed by atoms with van der Waals surface area (Å²) in [5, 5.41) is 6.20. The van der Waals surface area contributed by atoms with Crippen LogP contribution >= 0.6 is 0 Å². The highest BCUT2D eigenvalue weighted by molar-refractivity contribution is 5.94. The summed E-state index contributed by atoms with van der Waals surface area (Å²) in [6.07, 6.45) is 1.88. The van der Waals surface area contributed by atoms with Gasteiger partial charge in [0.25, 0.3) is 5.91 Å².